The number of halogens is 2. The lowest BCUT2D eigenvalue weighted by Crippen LogP contribution is -2.48. The van der Waals surface area contributed by atoms with Gasteiger partial charge in [-0.2, -0.15) is 0 Å². The molecule has 2 aromatic carbocycles. The number of benzene rings is 2. The molecule has 2 aliphatic rings. The van der Waals surface area contributed by atoms with Crippen LogP contribution in [-0.4, -0.2) is 87.0 Å². The van der Waals surface area contributed by atoms with Gasteiger partial charge < -0.3 is 14.5 Å². The van der Waals surface area contributed by atoms with Gasteiger partial charge in [-0.25, -0.2) is 4.39 Å². The van der Waals surface area contributed by atoms with E-state index < -0.39 is 0 Å². The van der Waals surface area contributed by atoms with E-state index in [0.717, 1.165) is 64.6 Å². The minimum atomic E-state index is -0.367. The maximum atomic E-state index is 14.6. The Morgan fingerprint density at radius 1 is 1.00 bits per heavy atom. The number of hydrogen-bond donors (Lipinski definition) is 0. The second kappa shape index (κ2) is 11.9. The van der Waals surface area contributed by atoms with Crippen LogP contribution in [0.2, 0.25) is 5.02 Å². The first-order valence-corrected chi connectivity index (χ1v) is 12.4. The van der Waals surface area contributed by atoms with Crippen molar-refractivity contribution >= 4 is 28.9 Å². The Morgan fingerprint density at radius 2 is 1.74 bits per heavy atom. The van der Waals surface area contributed by atoms with E-state index in [1.807, 2.05) is 13.0 Å². The van der Waals surface area contributed by atoms with Crippen LogP contribution >= 0.6 is 11.6 Å². The quantitative estimate of drug-likeness (QED) is 0.507. The van der Waals surface area contributed by atoms with E-state index in [1.54, 1.807) is 35.2 Å². The molecule has 1 saturated heterocycles. The van der Waals surface area contributed by atoms with Crippen LogP contribution in [0.1, 0.15) is 24.5 Å². The molecule has 2 heterocycles. The van der Waals surface area contributed by atoms with Gasteiger partial charge in [-0.05, 0) is 50.2 Å². The predicted octanol–water partition coefficient (Wildman–Crippen LogP) is 3.71. The lowest BCUT2D eigenvalue weighted by molar-refractivity contribution is -0.117. The molecule has 0 saturated carbocycles. The molecule has 1 fully saturated rings. The maximum absolute atomic E-state index is 14.6. The van der Waals surface area contributed by atoms with Gasteiger partial charge in [-0.3, -0.25) is 14.7 Å². The van der Waals surface area contributed by atoms with Gasteiger partial charge in [0.15, 0.2) is 0 Å². The van der Waals surface area contributed by atoms with Gasteiger partial charge >= 0.3 is 0 Å². The highest BCUT2D eigenvalue weighted by atomic mass is 35.5. The molecule has 8 heteroatoms. The SMILES string of the molecule is CCOCCN1CCN(CCCN2C(=O)CN=C(c3ccccc3F)c3cc(Cl)ccc32)CC1. The van der Waals surface area contributed by atoms with Crippen LogP contribution in [0.5, 0.6) is 0 Å². The van der Waals surface area contributed by atoms with Gasteiger partial charge in [0.25, 0.3) is 0 Å². The number of anilines is 1. The average molecular weight is 487 g/mol. The van der Waals surface area contributed by atoms with E-state index in [1.165, 1.54) is 6.07 Å². The fourth-order valence-corrected chi connectivity index (χ4v) is 4.71. The molecule has 0 atom stereocenters. The molecule has 182 valence electrons. The Balaban J connectivity index is 1.41. The highest BCUT2D eigenvalue weighted by Crippen LogP contribution is 2.30. The van der Waals surface area contributed by atoms with Crippen molar-refractivity contribution in [3.63, 3.8) is 0 Å². The maximum Gasteiger partial charge on any atom is 0.248 e. The lowest BCUT2D eigenvalue weighted by atomic mass is 9.99. The van der Waals surface area contributed by atoms with E-state index in [4.69, 9.17) is 16.3 Å². The van der Waals surface area contributed by atoms with Crippen LogP contribution < -0.4 is 4.90 Å². The standard InChI is InChI=1S/C26H32ClFN4O2/c1-2-34-17-16-31-14-12-30(13-15-31)10-5-11-32-24-9-8-20(27)18-22(24)26(29-19-25(32)33)21-6-3-4-7-23(21)28/h3-4,6-9,18H,2,5,10-17,19H2,1H3. The normalized spacial score (nSPS) is 17.4. The fraction of sp³-hybridized carbons (Fsp3) is 0.462. The van der Waals surface area contributed by atoms with E-state index in [2.05, 4.69) is 14.8 Å². The average Bonchev–Trinajstić information content (AvgIpc) is 2.97. The summed E-state index contributed by atoms with van der Waals surface area (Å²) in [6, 6.07) is 11.9. The summed E-state index contributed by atoms with van der Waals surface area (Å²) in [5.74, 6) is -0.455. The molecule has 2 aromatic rings. The highest BCUT2D eigenvalue weighted by molar-refractivity contribution is 6.32. The van der Waals surface area contributed by atoms with Crippen molar-refractivity contribution < 1.29 is 13.9 Å². The topological polar surface area (TPSA) is 48.4 Å². The first-order valence-electron chi connectivity index (χ1n) is 12.0. The number of ether oxygens (including phenoxy) is 1. The summed E-state index contributed by atoms with van der Waals surface area (Å²) < 4.78 is 20.1. The molecule has 6 nitrogen and oxygen atoms in total. The molecular weight excluding hydrogens is 455 g/mol. The summed E-state index contributed by atoms with van der Waals surface area (Å²) in [7, 11) is 0. The molecule has 0 spiro atoms. The van der Waals surface area contributed by atoms with Crippen molar-refractivity contribution in [2.75, 3.05) is 70.5 Å². The van der Waals surface area contributed by atoms with Crippen LogP contribution in [0, 0.1) is 5.82 Å². The summed E-state index contributed by atoms with van der Waals surface area (Å²) in [5.41, 5.74) is 2.26. The molecule has 4 rings (SSSR count). The molecule has 0 radical (unpaired) electrons. The van der Waals surface area contributed by atoms with Crippen molar-refractivity contribution in [2.24, 2.45) is 4.99 Å². The summed E-state index contributed by atoms with van der Waals surface area (Å²) in [6.45, 7) is 10.2. The number of rotatable bonds is 9. The Hall–Kier alpha value is -2.32. The summed E-state index contributed by atoms with van der Waals surface area (Å²) in [6.07, 6.45) is 0.849. The minimum absolute atomic E-state index is 0.0194. The third kappa shape index (κ3) is 6.02. The van der Waals surface area contributed by atoms with Crippen LogP contribution in [0.25, 0.3) is 0 Å². The van der Waals surface area contributed by atoms with Crippen LogP contribution in [0.4, 0.5) is 10.1 Å². The zero-order chi connectivity index (χ0) is 23.9. The summed E-state index contributed by atoms with van der Waals surface area (Å²) in [5, 5.41) is 0.527. The van der Waals surface area contributed by atoms with E-state index in [9.17, 15) is 9.18 Å². The fourth-order valence-electron chi connectivity index (χ4n) is 4.54. The Morgan fingerprint density at radius 3 is 2.47 bits per heavy atom. The van der Waals surface area contributed by atoms with Crippen LogP contribution in [0.15, 0.2) is 47.5 Å². The third-order valence-corrected chi connectivity index (χ3v) is 6.62. The van der Waals surface area contributed by atoms with Crippen molar-refractivity contribution in [1.29, 1.82) is 0 Å². The molecule has 2 aliphatic heterocycles. The largest absolute Gasteiger partial charge is 0.380 e. The number of hydrogen-bond acceptors (Lipinski definition) is 5. The Labute approximate surface area is 206 Å². The monoisotopic (exact) mass is 486 g/mol. The molecule has 0 N–H and O–H groups in total. The van der Waals surface area contributed by atoms with E-state index >= 15 is 0 Å². The van der Waals surface area contributed by atoms with Crippen LogP contribution in [-0.2, 0) is 9.53 Å². The molecule has 34 heavy (non-hydrogen) atoms. The van der Waals surface area contributed by atoms with Gasteiger partial charge in [0.1, 0.15) is 12.4 Å². The first-order chi connectivity index (χ1) is 16.6. The number of nitrogens with zero attached hydrogens (tertiary/aromatic N) is 4. The van der Waals surface area contributed by atoms with Gasteiger partial charge in [0.2, 0.25) is 5.91 Å². The van der Waals surface area contributed by atoms with Crippen LogP contribution in [0.3, 0.4) is 0 Å². The Bertz CT molecular complexity index is 1020. The van der Waals surface area contributed by atoms with E-state index in [-0.39, 0.29) is 18.3 Å². The number of amides is 1. The van der Waals surface area contributed by atoms with Gasteiger partial charge in [0, 0.05) is 62.0 Å². The van der Waals surface area contributed by atoms with Gasteiger partial charge in [0.05, 0.1) is 18.0 Å². The minimum Gasteiger partial charge on any atom is -0.380 e. The number of benzodiazepines with no additional fused rings is 1. The van der Waals surface area contributed by atoms with Crippen molar-refractivity contribution in [2.45, 2.75) is 13.3 Å². The molecular formula is C26H32ClFN4O2. The smallest absolute Gasteiger partial charge is 0.248 e. The van der Waals surface area contributed by atoms with Crippen molar-refractivity contribution in [3.8, 4) is 0 Å². The number of piperazine rings is 1. The Kier molecular flexibility index (Phi) is 8.67. The lowest BCUT2D eigenvalue weighted by Gasteiger charge is -2.35. The molecule has 1 amide bonds. The first kappa shape index (κ1) is 24.8. The predicted molar refractivity (Wildman–Crippen MR) is 135 cm³/mol. The van der Waals surface area contributed by atoms with Crippen molar-refractivity contribution in [3.05, 3.63) is 64.4 Å². The second-order valence-electron chi connectivity index (χ2n) is 8.59. The number of aliphatic imine (C=N–C) groups is 1. The van der Waals surface area contributed by atoms with Gasteiger partial charge in [-0.15, -0.1) is 0 Å². The van der Waals surface area contributed by atoms with Gasteiger partial charge in [-0.1, -0.05) is 23.7 Å². The summed E-state index contributed by atoms with van der Waals surface area (Å²) in [4.78, 5) is 24.2. The molecule has 0 unspecified atom stereocenters. The second-order valence-corrected chi connectivity index (χ2v) is 9.02. The number of carbonyl (C=O) groups is 1. The van der Waals surface area contributed by atoms with Crippen molar-refractivity contribution in [1.82, 2.24) is 9.80 Å². The molecule has 0 aromatic heterocycles. The number of carbonyl (C=O) groups excluding carboxylic acids is 1. The highest BCUT2D eigenvalue weighted by Gasteiger charge is 2.26. The zero-order valence-electron chi connectivity index (χ0n) is 19.7. The number of fused-ring (bicyclic) bond motifs is 1. The third-order valence-electron chi connectivity index (χ3n) is 6.38. The molecule has 0 bridgehead atoms. The molecule has 0 aliphatic carbocycles. The zero-order valence-corrected chi connectivity index (χ0v) is 20.4. The summed E-state index contributed by atoms with van der Waals surface area (Å²) >= 11 is 6.29. The van der Waals surface area contributed by atoms with E-state index in [0.29, 0.717) is 28.4 Å².